The lowest BCUT2D eigenvalue weighted by Gasteiger charge is -2.07. The van der Waals surface area contributed by atoms with E-state index < -0.39 is 0 Å². The summed E-state index contributed by atoms with van der Waals surface area (Å²) in [6.45, 7) is 2.16. The molecule has 0 atom stereocenters. The molecule has 4 nitrogen and oxygen atoms in total. The molecule has 2 aromatic rings. The highest BCUT2D eigenvalue weighted by molar-refractivity contribution is 6.08. The van der Waals surface area contributed by atoms with Gasteiger partial charge in [0.1, 0.15) is 17.6 Å². The van der Waals surface area contributed by atoms with Gasteiger partial charge in [0.2, 0.25) is 0 Å². The Kier molecular flexibility index (Phi) is 2.90. The van der Waals surface area contributed by atoms with E-state index in [0.717, 1.165) is 5.56 Å². The second kappa shape index (κ2) is 4.22. The van der Waals surface area contributed by atoms with Crippen molar-refractivity contribution in [3.8, 4) is 5.75 Å². The summed E-state index contributed by atoms with van der Waals surface area (Å²) in [6, 6.07) is 3.18. The molecule has 1 aromatic heterocycles. The van der Waals surface area contributed by atoms with E-state index in [2.05, 4.69) is 0 Å². The minimum atomic E-state index is -0.0150. The third-order valence-electron chi connectivity index (χ3n) is 2.60. The van der Waals surface area contributed by atoms with Crippen LogP contribution in [0.5, 0.6) is 5.75 Å². The molecule has 0 aliphatic carbocycles. The van der Waals surface area contributed by atoms with E-state index in [0.29, 0.717) is 23.1 Å². The molecule has 0 aliphatic heterocycles. The molecule has 0 aliphatic rings. The Bertz CT molecular complexity index is 569. The zero-order valence-corrected chi connectivity index (χ0v) is 10.2. The van der Waals surface area contributed by atoms with Gasteiger partial charge in [-0.15, -0.1) is 0 Å². The summed E-state index contributed by atoms with van der Waals surface area (Å²) in [6.07, 6.45) is 1.46. The molecule has 2 rings (SSSR count). The molecule has 0 bridgehead atoms. The molecule has 17 heavy (non-hydrogen) atoms. The lowest BCUT2D eigenvalue weighted by molar-refractivity contribution is 0.0958. The summed E-state index contributed by atoms with van der Waals surface area (Å²) in [5.41, 5.74) is 2.00. The average molecular weight is 233 g/mol. The highest BCUT2D eigenvalue weighted by Gasteiger charge is 2.16. The van der Waals surface area contributed by atoms with E-state index in [9.17, 15) is 9.90 Å². The first-order valence-electron chi connectivity index (χ1n) is 5.38. The molecule has 1 aromatic carbocycles. The summed E-state index contributed by atoms with van der Waals surface area (Å²) >= 11 is 0. The molecule has 0 amide bonds. The Morgan fingerprint density at radius 1 is 1.41 bits per heavy atom. The molecule has 4 heteroatoms. The monoisotopic (exact) mass is 233 g/mol. The smallest absolute Gasteiger partial charge is 0.180 e. The van der Waals surface area contributed by atoms with Crippen LogP contribution < -0.4 is 0 Å². The lowest BCUT2D eigenvalue weighted by Crippen LogP contribution is -2.21. The number of carbonyl (C=O) groups is 1. The molecular weight excluding hydrogens is 218 g/mol. The lowest BCUT2D eigenvalue weighted by atomic mass is 10.1. The van der Waals surface area contributed by atoms with Gasteiger partial charge in [0.05, 0.1) is 12.1 Å². The minimum absolute atomic E-state index is 0.0150. The summed E-state index contributed by atoms with van der Waals surface area (Å²) in [5, 5.41) is 10.2. The maximum absolute atomic E-state index is 12.0. The van der Waals surface area contributed by atoms with Crippen LogP contribution in [0.3, 0.4) is 0 Å². The van der Waals surface area contributed by atoms with Crippen LogP contribution in [-0.4, -0.2) is 36.4 Å². The number of fused-ring (bicyclic) bond motifs is 1. The number of aromatic hydroxyl groups is 1. The van der Waals surface area contributed by atoms with Crippen molar-refractivity contribution in [3.63, 3.8) is 0 Å². The Morgan fingerprint density at radius 2 is 2.12 bits per heavy atom. The van der Waals surface area contributed by atoms with Crippen LogP contribution in [-0.2, 0) is 0 Å². The zero-order valence-electron chi connectivity index (χ0n) is 10.2. The number of aryl methyl sites for hydroxylation is 1. The van der Waals surface area contributed by atoms with Crippen molar-refractivity contribution in [2.24, 2.45) is 0 Å². The van der Waals surface area contributed by atoms with Crippen molar-refractivity contribution in [2.45, 2.75) is 6.92 Å². The van der Waals surface area contributed by atoms with E-state index in [4.69, 9.17) is 4.42 Å². The average Bonchev–Trinajstić information content (AvgIpc) is 2.59. The van der Waals surface area contributed by atoms with Crippen LogP contribution in [0.1, 0.15) is 15.9 Å². The number of likely N-dealkylation sites (N-methyl/N-ethyl adjacent to an activating group) is 1. The number of hydrogen-bond donors (Lipinski definition) is 1. The van der Waals surface area contributed by atoms with Crippen molar-refractivity contribution < 1.29 is 14.3 Å². The van der Waals surface area contributed by atoms with Gasteiger partial charge in [0.15, 0.2) is 5.78 Å². The van der Waals surface area contributed by atoms with Crippen LogP contribution in [0.15, 0.2) is 22.8 Å². The maximum Gasteiger partial charge on any atom is 0.180 e. The molecule has 1 N–H and O–H groups in total. The van der Waals surface area contributed by atoms with E-state index >= 15 is 0 Å². The van der Waals surface area contributed by atoms with Crippen LogP contribution in [0, 0.1) is 6.92 Å². The number of ketones is 1. The number of carbonyl (C=O) groups excluding carboxylic acids is 1. The van der Waals surface area contributed by atoms with Crippen molar-refractivity contribution >= 4 is 16.8 Å². The standard InChI is InChI=1S/C13H15NO3/c1-8-4-9(15)5-10-11(7-17-13(8)10)12(16)6-14(2)3/h4-5,7,15H,6H2,1-3H3. The van der Waals surface area contributed by atoms with Crippen LogP contribution in [0.4, 0.5) is 0 Å². The van der Waals surface area contributed by atoms with Crippen molar-refractivity contribution in [3.05, 3.63) is 29.5 Å². The van der Waals surface area contributed by atoms with Gasteiger partial charge in [-0.2, -0.15) is 0 Å². The fourth-order valence-electron chi connectivity index (χ4n) is 1.88. The van der Waals surface area contributed by atoms with E-state index in [1.54, 1.807) is 17.0 Å². The Labute approximate surface area is 99.4 Å². The molecule has 0 saturated heterocycles. The molecule has 90 valence electrons. The van der Waals surface area contributed by atoms with Crippen LogP contribution in [0.2, 0.25) is 0 Å². The number of nitrogens with zero attached hydrogens (tertiary/aromatic N) is 1. The number of Topliss-reactive ketones (excluding diaryl/α,β-unsaturated/α-hetero) is 1. The van der Waals surface area contributed by atoms with Gasteiger partial charge < -0.3 is 14.4 Å². The Hall–Kier alpha value is -1.81. The number of phenolic OH excluding ortho intramolecular Hbond substituents is 1. The van der Waals surface area contributed by atoms with Gasteiger partial charge in [-0.25, -0.2) is 0 Å². The third-order valence-corrected chi connectivity index (χ3v) is 2.60. The van der Waals surface area contributed by atoms with E-state index in [-0.39, 0.29) is 11.5 Å². The Balaban J connectivity index is 2.52. The SMILES string of the molecule is Cc1cc(O)cc2c(C(=O)CN(C)C)coc12. The van der Waals surface area contributed by atoms with Crippen LogP contribution in [0.25, 0.3) is 11.0 Å². The highest BCUT2D eigenvalue weighted by Crippen LogP contribution is 2.28. The minimum Gasteiger partial charge on any atom is -0.508 e. The Morgan fingerprint density at radius 3 is 2.76 bits per heavy atom. The first-order chi connectivity index (χ1) is 7.99. The largest absolute Gasteiger partial charge is 0.508 e. The molecular formula is C13H15NO3. The number of furan rings is 1. The topological polar surface area (TPSA) is 53.7 Å². The van der Waals surface area contributed by atoms with E-state index in [1.165, 1.54) is 6.26 Å². The third kappa shape index (κ3) is 2.17. The van der Waals surface area contributed by atoms with Crippen LogP contribution >= 0.6 is 0 Å². The van der Waals surface area contributed by atoms with Crippen molar-refractivity contribution in [2.75, 3.05) is 20.6 Å². The summed E-state index contributed by atoms with van der Waals surface area (Å²) in [5.74, 6) is 0.133. The normalized spacial score (nSPS) is 11.3. The molecule has 0 fully saturated rings. The second-order valence-corrected chi connectivity index (χ2v) is 4.45. The quantitative estimate of drug-likeness (QED) is 0.826. The number of rotatable bonds is 3. The summed E-state index contributed by atoms with van der Waals surface area (Å²) in [7, 11) is 3.67. The van der Waals surface area contributed by atoms with Crippen molar-refractivity contribution in [1.82, 2.24) is 4.90 Å². The maximum atomic E-state index is 12.0. The van der Waals surface area contributed by atoms with Gasteiger partial charge >= 0.3 is 0 Å². The van der Waals surface area contributed by atoms with Gasteiger partial charge in [0, 0.05) is 5.39 Å². The number of hydrogen-bond acceptors (Lipinski definition) is 4. The molecule has 0 radical (unpaired) electrons. The fraction of sp³-hybridized carbons (Fsp3) is 0.308. The predicted octanol–water partition coefficient (Wildman–Crippen LogP) is 2.19. The molecule has 0 spiro atoms. The second-order valence-electron chi connectivity index (χ2n) is 4.45. The number of phenols is 1. The van der Waals surface area contributed by atoms with Gasteiger partial charge in [-0.05, 0) is 38.7 Å². The predicted molar refractivity (Wildman–Crippen MR) is 65.5 cm³/mol. The molecule has 0 unspecified atom stereocenters. The van der Waals surface area contributed by atoms with Gasteiger partial charge in [-0.1, -0.05) is 0 Å². The van der Waals surface area contributed by atoms with Gasteiger partial charge in [-0.3, -0.25) is 4.79 Å². The molecule has 0 saturated carbocycles. The fourth-order valence-corrected chi connectivity index (χ4v) is 1.88. The number of benzene rings is 1. The first-order valence-corrected chi connectivity index (χ1v) is 5.38. The zero-order chi connectivity index (χ0) is 12.6. The van der Waals surface area contributed by atoms with Crippen molar-refractivity contribution in [1.29, 1.82) is 0 Å². The highest BCUT2D eigenvalue weighted by atomic mass is 16.3. The molecule has 1 heterocycles. The van der Waals surface area contributed by atoms with Gasteiger partial charge in [0.25, 0.3) is 0 Å². The first kappa shape index (κ1) is 11.7. The van der Waals surface area contributed by atoms with E-state index in [1.807, 2.05) is 21.0 Å². The summed E-state index contributed by atoms with van der Waals surface area (Å²) in [4.78, 5) is 13.8. The summed E-state index contributed by atoms with van der Waals surface area (Å²) < 4.78 is 5.39.